The van der Waals surface area contributed by atoms with Crippen LogP contribution in [0.25, 0.3) is 0 Å². The SMILES string of the molecule is CC1CCCCCC1NCC(F)(F)F. The maximum absolute atomic E-state index is 12.0. The van der Waals surface area contributed by atoms with E-state index in [1.165, 1.54) is 0 Å². The number of nitrogens with one attached hydrogen (secondary N) is 1. The fourth-order valence-electron chi connectivity index (χ4n) is 2.04. The van der Waals surface area contributed by atoms with E-state index in [1.807, 2.05) is 6.92 Å². The smallest absolute Gasteiger partial charge is 0.306 e. The molecule has 4 heteroatoms. The molecular weight excluding hydrogens is 191 g/mol. The summed E-state index contributed by atoms with van der Waals surface area (Å²) in [4.78, 5) is 0. The van der Waals surface area contributed by atoms with E-state index in [2.05, 4.69) is 5.32 Å². The van der Waals surface area contributed by atoms with Crippen LogP contribution < -0.4 is 5.32 Å². The van der Waals surface area contributed by atoms with Crippen LogP contribution in [0.15, 0.2) is 0 Å². The van der Waals surface area contributed by atoms with Crippen LogP contribution in [0.5, 0.6) is 0 Å². The van der Waals surface area contributed by atoms with E-state index < -0.39 is 12.7 Å². The topological polar surface area (TPSA) is 12.0 Å². The summed E-state index contributed by atoms with van der Waals surface area (Å²) in [5, 5.41) is 2.63. The van der Waals surface area contributed by atoms with Crippen molar-refractivity contribution in [2.45, 2.75) is 51.2 Å². The molecule has 0 saturated heterocycles. The molecule has 0 amide bonds. The van der Waals surface area contributed by atoms with E-state index in [0.717, 1.165) is 32.1 Å². The lowest BCUT2D eigenvalue weighted by Gasteiger charge is -2.23. The summed E-state index contributed by atoms with van der Waals surface area (Å²) in [6.07, 6.45) is 1.23. The van der Waals surface area contributed by atoms with E-state index in [1.54, 1.807) is 0 Å². The largest absolute Gasteiger partial charge is 0.401 e. The van der Waals surface area contributed by atoms with E-state index in [4.69, 9.17) is 0 Å². The van der Waals surface area contributed by atoms with Crippen molar-refractivity contribution in [3.05, 3.63) is 0 Å². The van der Waals surface area contributed by atoms with Gasteiger partial charge in [-0.1, -0.05) is 26.2 Å². The molecule has 1 aliphatic carbocycles. The summed E-state index contributed by atoms with van der Waals surface area (Å²) >= 11 is 0. The summed E-state index contributed by atoms with van der Waals surface area (Å²) in [5.74, 6) is 0.375. The van der Waals surface area contributed by atoms with Crippen LogP contribution >= 0.6 is 0 Å². The number of rotatable bonds is 2. The predicted octanol–water partition coefficient (Wildman–Crippen LogP) is 3.11. The fourth-order valence-corrected chi connectivity index (χ4v) is 2.04. The Balaban J connectivity index is 2.33. The Kier molecular flexibility index (Phi) is 4.23. The summed E-state index contributed by atoms with van der Waals surface area (Å²) < 4.78 is 35.9. The highest BCUT2D eigenvalue weighted by Gasteiger charge is 2.29. The number of alkyl halides is 3. The first-order chi connectivity index (χ1) is 6.49. The Hall–Kier alpha value is -0.250. The van der Waals surface area contributed by atoms with Gasteiger partial charge in [0.05, 0.1) is 6.54 Å². The molecule has 1 saturated carbocycles. The van der Waals surface area contributed by atoms with Crippen LogP contribution in [0.4, 0.5) is 13.2 Å². The molecule has 0 radical (unpaired) electrons. The molecule has 0 aromatic heterocycles. The van der Waals surface area contributed by atoms with Gasteiger partial charge in [-0.25, -0.2) is 0 Å². The van der Waals surface area contributed by atoms with Gasteiger partial charge in [0.25, 0.3) is 0 Å². The first kappa shape index (κ1) is 11.8. The van der Waals surface area contributed by atoms with Crippen molar-refractivity contribution < 1.29 is 13.2 Å². The first-order valence-electron chi connectivity index (χ1n) is 5.29. The van der Waals surface area contributed by atoms with Gasteiger partial charge in [-0.3, -0.25) is 0 Å². The Labute approximate surface area is 83.1 Å². The van der Waals surface area contributed by atoms with Gasteiger partial charge < -0.3 is 5.32 Å². The minimum atomic E-state index is -4.08. The number of hydrogen-bond acceptors (Lipinski definition) is 1. The minimum Gasteiger partial charge on any atom is -0.306 e. The van der Waals surface area contributed by atoms with Crippen molar-refractivity contribution in [3.8, 4) is 0 Å². The lowest BCUT2D eigenvalue weighted by atomic mass is 9.97. The molecular formula is C10H18F3N. The second-order valence-electron chi connectivity index (χ2n) is 4.22. The van der Waals surface area contributed by atoms with Crippen LogP contribution in [0.2, 0.25) is 0 Å². The Morgan fingerprint density at radius 1 is 1.14 bits per heavy atom. The van der Waals surface area contributed by atoms with Gasteiger partial charge in [0.1, 0.15) is 0 Å². The molecule has 0 aromatic carbocycles. The van der Waals surface area contributed by atoms with E-state index in [0.29, 0.717) is 5.92 Å². The molecule has 0 aromatic rings. The van der Waals surface area contributed by atoms with E-state index in [-0.39, 0.29) is 6.04 Å². The van der Waals surface area contributed by atoms with Gasteiger partial charge >= 0.3 is 6.18 Å². The monoisotopic (exact) mass is 209 g/mol. The molecule has 1 N–H and O–H groups in total. The maximum atomic E-state index is 12.0. The van der Waals surface area contributed by atoms with Crippen molar-refractivity contribution >= 4 is 0 Å². The average Bonchev–Trinajstić information content (AvgIpc) is 2.25. The molecule has 0 bridgehead atoms. The van der Waals surface area contributed by atoms with Crippen molar-refractivity contribution in [1.82, 2.24) is 5.32 Å². The molecule has 1 nitrogen and oxygen atoms in total. The molecule has 2 atom stereocenters. The van der Waals surface area contributed by atoms with Gasteiger partial charge in [-0.2, -0.15) is 13.2 Å². The number of halogens is 3. The van der Waals surface area contributed by atoms with Crippen molar-refractivity contribution in [2.75, 3.05) is 6.54 Å². The second-order valence-corrected chi connectivity index (χ2v) is 4.22. The third kappa shape index (κ3) is 4.31. The quantitative estimate of drug-likeness (QED) is 0.689. The highest BCUT2D eigenvalue weighted by Crippen LogP contribution is 2.24. The lowest BCUT2D eigenvalue weighted by Crippen LogP contribution is -2.40. The molecule has 2 unspecified atom stereocenters. The van der Waals surface area contributed by atoms with Gasteiger partial charge in [-0.15, -0.1) is 0 Å². The predicted molar refractivity (Wildman–Crippen MR) is 50.1 cm³/mol. The van der Waals surface area contributed by atoms with Gasteiger partial charge in [-0.05, 0) is 18.8 Å². The molecule has 0 spiro atoms. The second kappa shape index (κ2) is 5.01. The van der Waals surface area contributed by atoms with Crippen LogP contribution in [0, 0.1) is 5.92 Å². The first-order valence-corrected chi connectivity index (χ1v) is 5.29. The standard InChI is InChI=1S/C10H18F3N/c1-8-5-3-2-4-6-9(8)14-7-10(11,12)13/h8-9,14H,2-7H2,1H3. The van der Waals surface area contributed by atoms with Crippen LogP contribution in [0.3, 0.4) is 0 Å². The van der Waals surface area contributed by atoms with E-state index in [9.17, 15) is 13.2 Å². The average molecular weight is 209 g/mol. The third-order valence-electron chi connectivity index (χ3n) is 2.93. The molecule has 84 valence electrons. The van der Waals surface area contributed by atoms with Crippen LogP contribution in [-0.4, -0.2) is 18.8 Å². The number of hydrogen-bond donors (Lipinski definition) is 1. The summed E-state index contributed by atoms with van der Waals surface area (Å²) in [7, 11) is 0. The maximum Gasteiger partial charge on any atom is 0.401 e. The fraction of sp³-hybridized carbons (Fsp3) is 1.00. The molecule has 1 fully saturated rings. The lowest BCUT2D eigenvalue weighted by molar-refractivity contribution is -0.127. The van der Waals surface area contributed by atoms with Gasteiger partial charge in [0.2, 0.25) is 0 Å². The molecule has 1 aliphatic rings. The zero-order chi connectivity index (χ0) is 10.6. The zero-order valence-corrected chi connectivity index (χ0v) is 8.53. The van der Waals surface area contributed by atoms with E-state index >= 15 is 0 Å². The molecule has 14 heavy (non-hydrogen) atoms. The Bertz CT molecular complexity index is 167. The highest BCUT2D eigenvalue weighted by atomic mass is 19.4. The van der Waals surface area contributed by atoms with Crippen LogP contribution in [0.1, 0.15) is 39.0 Å². The Morgan fingerprint density at radius 2 is 1.79 bits per heavy atom. The molecule has 1 rings (SSSR count). The van der Waals surface area contributed by atoms with Crippen molar-refractivity contribution in [1.29, 1.82) is 0 Å². The summed E-state index contributed by atoms with van der Waals surface area (Å²) in [5.41, 5.74) is 0. The molecule has 0 aliphatic heterocycles. The molecule has 0 heterocycles. The van der Waals surface area contributed by atoms with Crippen molar-refractivity contribution in [3.63, 3.8) is 0 Å². The third-order valence-corrected chi connectivity index (χ3v) is 2.93. The normalized spacial score (nSPS) is 30.0. The summed E-state index contributed by atoms with van der Waals surface area (Å²) in [6.45, 7) is 1.20. The van der Waals surface area contributed by atoms with Gasteiger partial charge in [0.15, 0.2) is 0 Å². The zero-order valence-electron chi connectivity index (χ0n) is 8.53. The Morgan fingerprint density at radius 3 is 2.43 bits per heavy atom. The van der Waals surface area contributed by atoms with Gasteiger partial charge in [0, 0.05) is 6.04 Å². The summed E-state index contributed by atoms with van der Waals surface area (Å²) in [6, 6.07) is 0.0547. The highest BCUT2D eigenvalue weighted by molar-refractivity contribution is 4.77. The minimum absolute atomic E-state index is 0.0547. The van der Waals surface area contributed by atoms with Crippen molar-refractivity contribution in [2.24, 2.45) is 5.92 Å². The van der Waals surface area contributed by atoms with Crippen LogP contribution in [-0.2, 0) is 0 Å².